The van der Waals surface area contributed by atoms with Crippen molar-refractivity contribution in [1.82, 2.24) is 9.88 Å². The van der Waals surface area contributed by atoms with Gasteiger partial charge in [0.2, 0.25) is 0 Å². The maximum Gasteiger partial charge on any atom is 0.417 e. The SMILES string of the molecule is O=C(Nc1ccc(Cl)c(C(F)(F)F)c1)N1CCc2ncccc2C1. The lowest BCUT2D eigenvalue weighted by Crippen LogP contribution is -2.39. The number of alkyl halides is 3. The van der Waals surface area contributed by atoms with E-state index in [0.717, 1.165) is 23.4 Å². The monoisotopic (exact) mass is 355 g/mol. The molecule has 0 bridgehead atoms. The molecule has 126 valence electrons. The molecule has 3 rings (SSSR count). The summed E-state index contributed by atoms with van der Waals surface area (Å²) in [5, 5.41) is 2.09. The van der Waals surface area contributed by atoms with E-state index in [1.165, 1.54) is 11.0 Å². The second-order valence-corrected chi connectivity index (χ2v) is 5.81. The van der Waals surface area contributed by atoms with Crippen LogP contribution in [0.4, 0.5) is 23.7 Å². The minimum Gasteiger partial charge on any atom is -0.320 e. The van der Waals surface area contributed by atoms with Crippen molar-refractivity contribution >= 4 is 23.3 Å². The average molecular weight is 356 g/mol. The number of pyridine rings is 1. The van der Waals surface area contributed by atoms with Gasteiger partial charge in [-0.1, -0.05) is 17.7 Å². The molecule has 2 heterocycles. The zero-order chi connectivity index (χ0) is 17.3. The number of carbonyl (C=O) groups is 1. The number of carbonyl (C=O) groups excluding carboxylic acids is 1. The highest BCUT2D eigenvalue weighted by Gasteiger charge is 2.33. The Hall–Kier alpha value is -2.28. The maximum atomic E-state index is 12.9. The van der Waals surface area contributed by atoms with Crippen molar-refractivity contribution in [1.29, 1.82) is 0 Å². The Morgan fingerprint density at radius 2 is 2.08 bits per heavy atom. The quantitative estimate of drug-likeness (QED) is 0.827. The fourth-order valence-electron chi connectivity index (χ4n) is 2.56. The third-order valence-corrected chi connectivity index (χ3v) is 4.10. The Kier molecular flexibility index (Phi) is 4.36. The molecule has 0 radical (unpaired) electrons. The molecular formula is C16H13ClF3N3O. The summed E-state index contributed by atoms with van der Waals surface area (Å²) in [7, 11) is 0. The van der Waals surface area contributed by atoms with Crippen LogP contribution in [-0.4, -0.2) is 22.5 Å². The zero-order valence-electron chi connectivity index (χ0n) is 12.4. The molecule has 0 saturated carbocycles. The van der Waals surface area contributed by atoms with Gasteiger partial charge < -0.3 is 10.2 Å². The Morgan fingerprint density at radius 1 is 1.29 bits per heavy atom. The van der Waals surface area contributed by atoms with E-state index in [9.17, 15) is 18.0 Å². The number of anilines is 1. The van der Waals surface area contributed by atoms with Crippen molar-refractivity contribution in [2.24, 2.45) is 0 Å². The smallest absolute Gasteiger partial charge is 0.320 e. The number of halogens is 4. The van der Waals surface area contributed by atoms with Crippen LogP contribution in [0.25, 0.3) is 0 Å². The summed E-state index contributed by atoms with van der Waals surface area (Å²) in [6, 6.07) is 6.50. The van der Waals surface area contributed by atoms with Gasteiger partial charge in [0.25, 0.3) is 0 Å². The van der Waals surface area contributed by atoms with Crippen LogP contribution >= 0.6 is 11.6 Å². The van der Waals surface area contributed by atoms with Crippen LogP contribution < -0.4 is 5.32 Å². The highest BCUT2D eigenvalue weighted by molar-refractivity contribution is 6.31. The maximum absolute atomic E-state index is 12.9. The van der Waals surface area contributed by atoms with E-state index in [4.69, 9.17) is 11.6 Å². The zero-order valence-corrected chi connectivity index (χ0v) is 13.2. The second kappa shape index (κ2) is 6.32. The first-order valence-corrected chi connectivity index (χ1v) is 7.58. The number of urea groups is 1. The molecule has 2 amide bonds. The van der Waals surface area contributed by atoms with Gasteiger partial charge in [0.1, 0.15) is 0 Å². The van der Waals surface area contributed by atoms with Crippen molar-refractivity contribution in [3.8, 4) is 0 Å². The molecule has 0 fully saturated rings. The number of nitrogens with zero attached hydrogens (tertiary/aromatic N) is 2. The molecule has 1 N–H and O–H groups in total. The predicted octanol–water partition coefficient (Wildman–Crippen LogP) is 4.34. The van der Waals surface area contributed by atoms with Crippen molar-refractivity contribution in [2.75, 3.05) is 11.9 Å². The summed E-state index contributed by atoms with van der Waals surface area (Å²) in [5.74, 6) is 0. The van der Waals surface area contributed by atoms with E-state index in [0.29, 0.717) is 19.5 Å². The molecule has 1 aromatic carbocycles. The van der Waals surface area contributed by atoms with E-state index in [-0.39, 0.29) is 5.69 Å². The van der Waals surface area contributed by atoms with E-state index in [1.807, 2.05) is 6.07 Å². The van der Waals surface area contributed by atoms with Crippen molar-refractivity contribution < 1.29 is 18.0 Å². The molecule has 4 nitrogen and oxygen atoms in total. The first kappa shape index (κ1) is 16.6. The molecular weight excluding hydrogens is 343 g/mol. The van der Waals surface area contributed by atoms with Gasteiger partial charge in [-0.15, -0.1) is 0 Å². The Labute approximate surface area is 141 Å². The third kappa shape index (κ3) is 3.46. The molecule has 1 aliphatic rings. The molecule has 0 atom stereocenters. The lowest BCUT2D eigenvalue weighted by atomic mass is 10.1. The second-order valence-electron chi connectivity index (χ2n) is 5.40. The Morgan fingerprint density at radius 3 is 2.83 bits per heavy atom. The summed E-state index contributed by atoms with van der Waals surface area (Å²) < 4.78 is 38.6. The molecule has 8 heteroatoms. The van der Waals surface area contributed by atoms with Gasteiger partial charge in [-0.25, -0.2) is 4.79 Å². The number of aromatic nitrogens is 1. The normalized spacial score (nSPS) is 14.2. The number of amides is 2. The number of benzene rings is 1. The standard InChI is InChI=1S/C16H13ClF3N3O/c17-13-4-3-11(8-12(13)16(18,19)20)22-15(24)23-7-5-14-10(9-23)2-1-6-21-14/h1-4,6,8H,5,7,9H2,(H,22,24). The first-order valence-electron chi connectivity index (χ1n) is 7.20. The van der Waals surface area contributed by atoms with Crippen LogP contribution in [0.3, 0.4) is 0 Å². The van der Waals surface area contributed by atoms with Crippen LogP contribution in [-0.2, 0) is 19.1 Å². The molecule has 1 aliphatic heterocycles. The van der Waals surface area contributed by atoms with Crippen molar-refractivity contribution in [3.05, 3.63) is 58.4 Å². The first-order chi connectivity index (χ1) is 11.3. The highest BCUT2D eigenvalue weighted by atomic mass is 35.5. The van der Waals surface area contributed by atoms with Gasteiger partial charge >= 0.3 is 12.2 Å². The lowest BCUT2D eigenvalue weighted by Gasteiger charge is -2.28. The van der Waals surface area contributed by atoms with Gasteiger partial charge in [-0.3, -0.25) is 4.98 Å². The number of hydrogen-bond donors (Lipinski definition) is 1. The minimum atomic E-state index is -4.58. The summed E-state index contributed by atoms with van der Waals surface area (Å²) >= 11 is 5.57. The molecule has 0 saturated heterocycles. The van der Waals surface area contributed by atoms with Gasteiger partial charge in [-0.05, 0) is 29.8 Å². The van der Waals surface area contributed by atoms with E-state index in [1.54, 1.807) is 12.3 Å². The number of rotatable bonds is 1. The van der Waals surface area contributed by atoms with E-state index in [2.05, 4.69) is 10.3 Å². The van der Waals surface area contributed by atoms with Gasteiger partial charge in [0, 0.05) is 37.1 Å². The van der Waals surface area contributed by atoms with Crippen LogP contribution in [0.1, 0.15) is 16.8 Å². The topological polar surface area (TPSA) is 45.2 Å². The van der Waals surface area contributed by atoms with Gasteiger partial charge in [0.05, 0.1) is 10.6 Å². The third-order valence-electron chi connectivity index (χ3n) is 3.77. The Bertz CT molecular complexity index is 779. The van der Waals surface area contributed by atoms with Crippen molar-refractivity contribution in [3.63, 3.8) is 0 Å². The number of nitrogens with one attached hydrogen (secondary N) is 1. The fraction of sp³-hybridized carbons (Fsp3) is 0.250. The lowest BCUT2D eigenvalue weighted by molar-refractivity contribution is -0.137. The van der Waals surface area contributed by atoms with Gasteiger partial charge in [-0.2, -0.15) is 13.2 Å². The van der Waals surface area contributed by atoms with E-state index >= 15 is 0 Å². The van der Waals surface area contributed by atoms with E-state index < -0.39 is 22.8 Å². The largest absolute Gasteiger partial charge is 0.417 e. The summed E-state index contributed by atoms with van der Waals surface area (Å²) in [6.45, 7) is 0.824. The fourth-order valence-corrected chi connectivity index (χ4v) is 2.79. The molecule has 1 aromatic heterocycles. The molecule has 0 unspecified atom stereocenters. The molecule has 0 spiro atoms. The summed E-state index contributed by atoms with van der Waals surface area (Å²) in [5.41, 5.74) is 0.947. The van der Waals surface area contributed by atoms with Crippen LogP contribution in [0, 0.1) is 0 Å². The van der Waals surface area contributed by atoms with Crippen LogP contribution in [0.15, 0.2) is 36.5 Å². The molecule has 0 aliphatic carbocycles. The Balaban J connectivity index is 1.74. The number of hydrogen-bond acceptors (Lipinski definition) is 2. The molecule has 2 aromatic rings. The van der Waals surface area contributed by atoms with Crippen molar-refractivity contribution in [2.45, 2.75) is 19.1 Å². The average Bonchev–Trinajstić information content (AvgIpc) is 2.55. The minimum absolute atomic E-state index is 0.0497. The summed E-state index contributed by atoms with van der Waals surface area (Å²) in [6.07, 6.45) is -2.27. The summed E-state index contributed by atoms with van der Waals surface area (Å²) in [4.78, 5) is 18.1. The van der Waals surface area contributed by atoms with Crippen LogP contribution in [0.5, 0.6) is 0 Å². The highest BCUT2D eigenvalue weighted by Crippen LogP contribution is 2.36. The van der Waals surface area contributed by atoms with Crippen LogP contribution in [0.2, 0.25) is 5.02 Å². The molecule has 24 heavy (non-hydrogen) atoms. The predicted molar refractivity (Wildman–Crippen MR) is 83.8 cm³/mol. The van der Waals surface area contributed by atoms with Gasteiger partial charge in [0.15, 0.2) is 0 Å². The number of fused-ring (bicyclic) bond motifs is 1.